The van der Waals surface area contributed by atoms with Gasteiger partial charge in [0.05, 0.1) is 12.2 Å². The molecule has 0 unspecified atom stereocenters. The molecule has 0 radical (unpaired) electrons. The van der Waals surface area contributed by atoms with Crippen LogP contribution in [0.3, 0.4) is 0 Å². The highest BCUT2D eigenvalue weighted by Crippen LogP contribution is 2.27. The van der Waals surface area contributed by atoms with Crippen LogP contribution in [0.2, 0.25) is 0 Å². The van der Waals surface area contributed by atoms with Gasteiger partial charge in [-0.3, -0.25) is 9.78 Å². The fourth-order valence-electron chi connectivity index (χ4n) is 3.28. The number of hydrogen-bond donors (Lipinski definition) is 1. The molecule has 2 aliphatic heterocycles. The van der Waals surface area contributed by atoms with Crippen molar-refractivity contribution in [2.24, 2.45) is 0 Å². The summed E-state index contributed by atoms with van der Waals surface area (Å²) >= 11 is 0. The molecule has 1 spiro atoms. The van der Waals surface area contributed by atoms with Crippen LogP contribution in [-0.2, 0) is 16.0 Å². The standard InChI is InChI=1S/C17H25N3O2/c1-14-3-2-4-15(19-14)5-9-20-10-7-17(8-11-20)13-18-16(21)6-12-22-17/h2-4H,5-13H2,1H3,(H,18,21). The number of likely N-dealkylation sites (tertiary alicyclic amines) is 1. The Labute approximate surface area is 132 Å². The summed E-state index contributed by atoms with van der Waals surface area (Å²) in [6.07, 6.45) is 3.47. The van der Waals surface area contributed by atoms with Gasteiger partial charge in [0.25, 0.3) is 0 Å². The van der Waals surface area contributed by atoms with Crippen molar-refractivity contribution in [2.75, 3.05) is 32.8 Å². The fraction of sp³-hybridized carbons (Fsp3) is 0.647. The van der Waals surface area contributed by atoms with Gasteiger partial charge < -0.3 is 15.0 Å². The van der Waals surface area contributed by atoms with Crippen molar-refractivity contribution in [1.29, 1.82) is 0 Å². The minimum Gasteiger partial charge on any atom is -0.373 e. The van der Waals surface area contributed by atoms with Gasteiger partial charge in [-0.15, -0.1) is 0 Å². The zero-order valence-corrected chi connectivity index (χ0v) is 13.3. The van der Waals surface area contributed by atoms with Crippen molar-refractivity contribution in [3.05, 3.63) is 29.6 Å². The minimum atomic E-state index is -0.135. The van der Waals surface area contributed by atoms with E-state index in [0.29, 0.717) is 19.6 Å². The molecular formula is C17H25N3O2. The van der Waals surface area contributed by atoms with Gasteiger partial charge in [0, 0.05) is 50.4 Å². The van der Waals surface area contributed by atoms with Crippen LogP contribution < -0.4 is 5.32 Å². The van der Waals surface area contributed by atoms with E-state index in [1.54, 1.807) is 0 Å². The zero-order chi connectivity index (χ0) is 15.4. The summed E-state index contributed by atoms with van der Waals surface area (Å²) in [6.45, 7) is 6.35. The fourth-order valence-corrected chi connectivity index (χ4v) is 3.28. The lowest BCUT2D eigenvalue weighted by Crippen LogP contribution is -2.51. The van der Waals surface area contributed by atoms with E-state index >= 15 is 0 Å². The monoisotopic (exact) mass is 303 g/mol. The Kier molecular flexibility index (Phi) is 4.74. The predicted octanol–water partition coefficient (Wildman–Crippen LogP) is 1.30. The first-order chi connectivity index (χ1) is 10.7. The van der Waals surface area contributed by atoms with E-state index in [9.17, 15) is 4.79 Å². The van der Waals surface area contributed by atoms with Gasteiger partial charge in [-0.25, -0.2) is 0 Å². The molecule has 1 amide bonds. The maximum absolute atomic E-state index is 11.5. The first-order valence-corrected chi connectivity index (χ1v) is 8.21. The lowest BCUT2D eigenvalue weighted by molar-refractivity contribution is -0.120. The molecule has 1 aromatic heterocycles. The Morgan fingerprint density at radius 1 is 1.36 bits per heavy atom. The summed E-state index contributed by atoms with van der Waals surface area (Å²) in [6, 6.07) is 6.21. The Morgan fingerprint density at radius 3 is 2.95 bits per heavy atom. The van der Waals surface area contributed by atoms with E-state index in [1.165, 1.54) is 5.69 Å². The van der Waals surface area contributed by atoms with E-state index < -0.39 is 0 Å². The molecule has 5 heteroatoms. The largest absolute Gasteiger partial charge is 0.373 e. The molecule has 2 saturated heterocycles. The van der Waals surface area contributed by atoms with Crippen molar-refractivity contribution in [3.8, 4) is 0 Å². The second kappa shape index (κ2) is 6.75. The third-order valence-corrected chi connectivity index (χ3v) is 4.74. The van der Waals surface area contributed by atoms with Crippen LogP contribution in [0.25, 0.3) is 0 Å². The SMILES string of the molecule is Cc1cccc(CCN2CCC3(CC2)CNC(=O)CCO3)n1. The number of nitrogens with one attached hydrogen (secondary N) is 1. The van der Waals surface area contributed by atoms with Gasteiger partial charge in [-0.05, 0) is 31.9 Å². The molecule has 120 valence electrons. The molecule has 0 aliphatic carbocycles. The normalized spacial score (nSPS) is 22.3. The van der Waals surface area contributed by atoms with Crippen LogP contribution in [0.15, 0.2) is 18.2 Å². The molecule has 1 N–H and O–H groups in total. The maximum Gasteiger partial charge on any atom is 0.222 e. The summed E-state index contributed by atoms with van der Waals surface area (Å²) in [7, 11) is 0. The van der Waals surface area contributed by atoms with E-state index in [-0.39, 0.29) is 11.5 Å². The summed E-state index contributed by atoms with van der Waals surface area (Å²) in [5.41, 5.74) is 2.11. The number of rotatable bonds is 3. The quantitative estimate of drug-likeness (QED) is 0.914. The van der Waals surface area contributed by atoms with Crippen LogP contribution in [0.4, 0.5) is 0 Å². The molecular weight excluding hydrogens is 278 g/mol. The van der Waals surface area contributed by atoms with Crippen molar-refractivity contribution >= 4 is 5.91 Å². The number of carbonyl (C=O) groups is 1. The highest BCUT2D eigenvalue weighted by atomic mass is 16.5. The summed E-state index contributed by atoms with van der Waals surface area (Å²) in [4.78, 5) is 18.5. The maximum atomic E-state index is 11.5. The highest BCUT2D eigenvalue weighted by molar-refractivity contribution is 5.76. The number of piperidine rings is 1. The molecule has 0 atom stereocenters. The number of hydrogen-bond acceptors (Lipinski definition) is 4. The molecule has 2 aliphatic rings. The molecule has 5 nitrogen and oxygen atoms in total. The zero-order valence-electron chi connectivity index (χ0n) is 13.3. The Hall–Kier alpha value is -1.46. The Bertz CT molecular complexity index is 524. The summed E-state index contributed by atoms with van der Waals surface area (Å²) < 4.78 is 6.01. The van der Waals surface area contributed by atoms with Crippen molar-refractivity contribution in [2.45, 2.75) is 38.2 Å². The molecule has 2 fully saturated rings. The number of carbonyl (C=O) groups excluding carboxylic acids is 1. The van der Waals surface area contributed by atoms with Crippen LogP contribution in [0, 0.1) is 6.92 Å². The average molecular weight is 303 g/mol. The van der Waals surface area contributed by atoms with Gasteiger partial charge >= 0.3 is 0 Å². The van der Waals surface area contributed by atoms with Crippen molar-refractivity contribution in [3.63, 3.8) is 0 Å². The Morgan fingerprint density at radius 2 is 2.18 bits per heavy atom. The number of aryl methyl sites for hydroxylation is 1. The highest BCUT2D eigenvalue weighted by Gasteiger charge is 2.37. The van der Waals surface area contributed by atoms with Crippen molar-refractivity contribution in [1.82, 2.24) is 15.2 Å². The number of pyridine rings is 1. The second-order valence-corrected chi connectivity index (χ2v) is 6.42. The van der Waals surface area contributed by atoms with Crippen LogP contribution in [0.1, 0.15) is 30.7 Å². The van der Waals surface area contributed by atoms with E-state index in [0.717, 1.165) is 44.6 Å². The molecule has 0 aromatic carbocycles. The van der Waals surface area contributed by atoms with Gasteiger partial charge in [-0.2, -0.15) is 0 Å². The van der Waals surface area contributed by atoms with Crippen LogP contribution in [0.5, 0.6) is 0 Å². The summed E-state index contributed by atoms with van der Waals surface area (Å²) in [5.74, 6) is 0.116. The lowest BCUT2D eigenvalue weighted by Gasteiger charge is -2.40. The minimum absolute atomic E-state index is 0.116. The predicted molar refractivity (Wildman–Crippen MR) is 84.7 cm³/mol. The molecule has 1 aromatic rings. The molecule has 0 saturated carbocycles. The number of amides is 1. The number of nitrogens with zero attached hydrogens (tertiary/aromatic N) is 2. The molecule has 3 rings (SSSR count). The van der Waals surface area contributed by atoms with E-state index in [1.807, 2.05) is 13.0 Å². The lowest BCUT2D eigenvalue weighted by atomic mass is 9.91. The van der Waals surface area contributed by atoms with Crippen LogP contribution >= 0.6 is 0 Å². The van der Waals surface area contributed by atoms with Crippen LogP contribution in [-0.4, -0.2) is 54.2 Å². The third-order valence-electron chi connectivity index (χ3n) is 4.74. The second-order valence-electron chi connectivity index (χ2n) is 6.42. The van der Waals surface area contributed by atoms with Gasteiger partial charge in [-0.1, -0.05) is 6.07 Å². The molecule has 0 bridgehead atoms. The van der Waals surface area contributed by atoms with Gasteiger partial charge in [0.2, 0.25) is 5.91 Å². The first-order valence-electron chi connectivity index (χ1n) is 8.21. The Balaban J connectivity index is 1.48. The first kappa shape index (κ1) is 15.4. The van der Waals surface area contributed by atoms with E-state index in [4.69, 9.17) is 4.74 Å². The topological polar surface area (TPSA) is 54.5 Å². The van der Waals surface area contributed by atoms with Gasteiger partial charge in [0.15, 0.2) is 0 Å². The van der Waals surface area contributed by atoms with E-state index in [2.05, 4.69) is 27.3 Å². The molecule has 22 heavy (non-hydrogen) atoms. The average Bonchev–Trinajstić information content (AvgIpc) is 2.70. The van der Waals surface area contributed by atoms with Gasteiger partial charge in [0.1, 0.15) is 0 Å². The van der Waals surface area contributed by atoms with Crippen molar-refractivity contribution < 1.29 is 9.53 Å². The smallest absolute Gasteiger partial charge is 0.222 e. The number of ether oxygens (including phenoxy) is 1. The third kappa shape index (κ3) is 3.84. The summed E-state index contributed by atoms with van der Waals surface area (Å²) in [5, 5.41) is 2.99. The number of aromatic nitrogens is 1. The molecule has 3 heterocycles.